The summed E-state index contributed by atoms with van der Waals surface area (Å²) in [5.74, 6) is -0.987. The molecule has 1 fully saturated rings. The maximum atomic E-state index is 11.0. The van der Waals surface area contributed by atoms with Crippen molar-refractivity contribution in [3.8, 4) is 0 Å². The number of rotatable bonds is 4. The number of furan rings is 1. The number of carbonyl (C=O) groups is 1. The topological polar surface area (TPSA) is 85.7 Å². The van der Waals surface area contributed by atoms with Gasteiger partial charge in [-0.2, -0.15) is 0 Å². The zero-order valence-corrected chi connectivity index (χ0v) is 10.3. The molecule has 1 saturated heterocycles. The van der Waals surface area contributed by atoms with Crippen LogP contribution in [-0.4, -0.2) is 30.3 Å². The number of carboxylic acids is 1. The third-order valence-corrected chi connectivity index (χ3v) is 3.74. The second kappa shape index (κ2) is 4.36. The van der Waals surface area contributed by atoms with Gasteiger partial charge in [0.1, 0.15) is 11.6 Å². The molecule has 3 rings (SSSR count). The quantitative estimate of drug-likeness (QED) is 0.871. The molecule has 3 N–H and O–H groups in total. The van der Waals surface area contributed by atoms with Crippen LogP contribution in [0.3, 0.4) is 0 Å². The minimum absolute atomic E-state index is 0.343. The van der Waals surface area contributed by atoms with E-state index >= 15 is 0 Å². The van der Waals surface area contributed by atoms with Gasteiger partial charge in [0.05, 0.1) is 19.5 Å². The lowest BCUT2D eigenvalue weighted by atomic mass is 9.74. The van der Waals surface area contributed by atoms with Crippen molar-refractivity contribution in [1.29, 1.82) is 0 Å². The fraction of sp³-hybridized carbons (Fsp3) is 0.357. The highest BCUT2D eigenvalue weighted by atomic mass is 16.5. The number of hydrogen-bond acceptors (Lipinski definition) is 4. The Kier molecular flexibility index (Phi) is 2.80. The Labute approximate surface area is 110 Å². The second-order valence-electron chi connectivity index (χ2n) is 5.07. The highest BCUT2D eigenvalue weighted by Crippen LogP contribution is 2.41. The van der Waals surface area contributed by atoms with E-state index < -0.39 is 12.0 Å². The predicted molar refractivity (Wildman–Crippen MR) is 68.9 cm³/mol. The van der Waals surface area contributed by atoms with Gasteiger partial charge in [-0.15, -0.1) is 0 Å². The number of fused-ring (bicyclic) bond motifs is 1. The van der Waals surface area contributed by atoms with Crippen LogP contribution in [-0.2, 0) is 14.9 Å². The standard InChI is InChI=1S/C14H15NO4/c15-11(13(16)17)5-14(7-18-8-14)10-6-19-12-4-2-1-3-9(10)12/h1-4,6,11H,5,7-8,15H2,(H,16,17). The number of carboxylic acid groups (broad SMARTS) is 1. The van der Waals surface area contributed by atoms with Gasteiger partial charge in [0.15, 0.2) is 0 Å². The molecular formula is C14H15NO4. The molecule has 1 aromatic heterocycles. The summed E-state index contributed by atoms with van der Waals surface area (Å²) in [4.78, 5) is 11.0. The lowest BCUT2D eigenvalue weighted by Crippen LogP contribution is -2.51. The predicted octanol–water partition coefficient (Wildman–Crippen LogP) is 1.50. The Morgan fingerprint density at radius 1 is 1.42 bits per heavy atom. The molecule has 0 radical (unpaired) electrons. The van der Waals surface area contributed by atoms with Gasteiger partial charge in [-0.25, -0.2) is 0 Å². The van der Waals surface area contributed by atoms with E-state index in [1.807, 2.05) is 24.3 Å². The molecule has 1 atom stereocenters. The van der Waals surface area contributed by atoms with Crippen LogP contribution in [0.5, 0.6) is 0 Å². The van der Waals surface area contributed by atoms with Crippen molar-refractivity contribution in [1.82, 2.24) is 0 Å². The first kappa shape index (κ1) is 12.2. The minimum Gasteiger partial charge on any atom is -0.480 e. The van der Waals surface area contributed by atoms with Crippen LogP contribution in [0.15, 0.2) is 34.9 Å². The lowest BCUT2D eigenvalue weighted by Gasteiger charge is -2.42. The third kappa shape index (κ3) is 1.91. The molecule has 0 saturated carbocycles. The third-order valence-electron chi connectivity index (χ3n) is 3.74. The summed E-state index contributed by atoms with van der Waals surface area (Å²) in [7, 11) is 0. The Hall–Kier alpha value is -1.85. The van der Waals surface area contributed by atoms with Gasteiger partial charge in [0.25, 0.3) is 0 Å². The van der Waals surface area contributed by atoms with E-state index in [4.69, 9.17) is 20.0 Å². The molecule has 2 heterocycles. The van der Waals surface area contributed by atoms with Gasteiger partial charge >= 0.3 is 5.97 Å². The monoisotopic (exact) mass is 261 g/mol. The summed E-state index contributed by atoms with van der Waals surface area (Å²) in [6.45, 7) is 0.967. The average Bonchev–Trinajstić information content (AvgIpc) is 2.77. The van der Waals surface area contributed by atoms with Crippen LogP contribution in [0.4, 0.5) is 0 Å². The maximum absolute atomic E-state index is 11.0. The van der Waals surface area contributed by atoms with E-state index in [2.05, 4.69) is 0 Å². The molecule has 5 nitrogen and oxygen atoms in total. The molecule has 1 aliphatic rings. The summed E-state index contributed by atoms with van der Waals surface area (Å²) in [5.41, 5.74) is 7.12. The SMILES string of the molecule is NC(CC1(c2coc3ccccc23)COC1)C(=O)O. The van der Waals surface area contributed by atoms with Crippen molar-refractivity contribution in [2.75, 3.05) is 13.2 Å². The Balaban J connectivity index is 2.00. The number of benzene rings is 1. The number of para-hydroxylation sites is 1. The van der Waals surface area contributed by atoms with E-state index in [-0.39, 0.29) is 5.41 Å². The molecule has 2 aromatic rings. The van der Waals surface area contributed by atoms with Crippen LogP contribution in [0.1, 0.15) is 12.0 Å². The van der Waals surface area contributed by atoms with Gasteiger partial charge < -0.3 is 20.0 Å². The van der Waals surface area contributed by atoms with E-state index in [1.165, 1.54) is 0 Å². The van der Waals surface area contributed by atoms with E-state index in [1.54, 1.807) is 6.26 Å². The van der Waals surface area contributed by atoms with Crippen LogP contribution in [0.2, 0.25) is 0 Å². The average molecular weight is 261 g/mol. The maximum Gasteiger partial charge on any atom is 0.320 e. The molecule has 19 heavy (non-hydrogen) atoms. The first-order valence-corrected chi connectivity index (χ1v) is 6.15. The second-order valence-corrected chi connectivity index (χ2v) is 5.07. The molecule has 0 aliphatic carbocycles. The smallest absolute Gasteiger partial charge is 0.320 e. The summed E-state index contributed by atoms with van der Waals surface area (Å²) in [6.07, 6.45) is 2.05. The highest BCUT2D eigenvalue weighted by Gasteiger charge is 2.44. The van der Waals surface area contributed by atoms with Gasteiger partial charge in [-0.1, -0.05) is 18.2 Å². The largest absolute Gasteiger partial charge is 0.480 e. The zero-order valence-electron chi connectivity index (χ0n) is 10.3. The molecule has 1 aliphatic heterocycles. The lowest BCUT2D eigenvalue weighted by molar-refractivity contribution is -0.141. The number of nitrogens with two attached hydrogens (primary N) is 1. The van der Waals surface area contributed by atoms with Crippen LogP contribution >= 0.6 is 0 Å². The Bertz CT molecular complexity index is 615. The number of ether oxygens (including phenoxy) is 1. The van der Waals surface area contributed by atoms with Gasteiger partial charge in [-0.05, 0) is 12.5 Å². The van der Waals surface area contributed by atoms with Crippen molar-refractivity contribution >= 4 is 16.9 Å². The molecule has 5 heteroatoms. The van der Waals surface area contributed by atoms with Crippen molar-refractivity contribution in [2.45, 2.75) is 17.9 Å². The molecule has 0 bridgehead atoms. The number of aliphatic carboxylic acids is 1. The van der Waals surface area contributed by atoms with Crippen molar-refractivity contribution < 1.29 is 19.1 Å². The van der Waals surface area contributed by atoms with Crippen LogP contribution in [0, 0.1) is 0 Å². The summed E-state index contributed by atoms with van der Waals surface area (Å²) in [6, 6.07) is 6.82. The molecule has 1 aromatic carbocycles. The fourth-order valence-electron chi connectivity index (χ4n) is 2.63. The molecule has 0 amide bonds. The van der Waals surface area contributed by atoms with E-state index in [0.29, 0.717) is 19.6 Å². The van der Waals surface area contributed by atoms with Crippen LogP contribution in [0.25, 0.3) is 11.0 Å². The summed E-state index contributed by atoms with van der Waals surface area (Å²) in [5, 5.41) is 9.99. The normalized spacial score (nSPS) is 19.0. The van der Waals surface area contributed by atoms with Gasteiger partial charge in [-0.3, -0.25) is 4.79 Å². The zero-order chi connectivity index (χ0) is 13.5. The number of hydrogen-bond donors (Lipinski definition) is 2. The van der Waals surface area contributed by atoms with Crippen molar-refractivity contribution in [2.24, 2.45) is 5.73 Å². The Morgan fingerprint density at radius 2 is 2.16 bits per heavy atom. The Morgan fingerprint density at radius 3 is 2.79 bits per heavy atom. The molecular weight excluding hydrogens is 246 g/mol. The summed E-state index contributed by atoms with van der Waals surface area (Å²) >= 11 is 0. The first-order valence-electron chi connectivity index (χ1n) is 6.15. The van der Waals surface area contributed by atoms with Gasteiger partial charge in [0.2, 0.25) is 0 Å². The molecule has 1 unspecified atom stereocenters. The fourth-order valence-corrected chi connectivity index (χ4v) is 2.63. The first-order chi connectivity index (χ1) is 9.12. The molecule has 0 spiro atoms. The minimum atomic E-state index is -0.987. The summed E-state index contributed by atoms with van der Waals surface area (Å²) < 4.78 is 10.8. The van der Waals surface area contributed by atoms with Crippen molar-refractivity contribution in [3.05, 3.63) is 36.1 Å². The van der Waals surface area contributed by atoms with Gasteiger partial charge in [0, 0.05) is 16.4 Å². The van der Waals surface area contributed by atoms with E-state index in [9.17, 15) is 4.79 Å². The highest BCUT2D eigenvalue weighted by molar-refractivity contribution is 5.82. The van der Waals surface area contributed by atoms with Crippen molar-refractivity contribution in [3.63, 3.8) is 0 Å². The van der Waals surface area contributed by atoms with Crippen LogP contribution < -0.4 is 5.73 Å². The molecule has 100 valence electrons. The van der Waals surface area contributed by atoms with E-state index in [0.717, 1.165) is 16.5 Å².